The van der Waals surface area contributed by atoms with Crippen molar-refractivity contribution in [2.75, 3.05) is 47.8 Å². The fraction of sp³-hybridized carbons (Fsp3) is 0.432. The van der Waals surface area contributed by atoms with Crippen molar-refractivity contribution < 1.29 is 29.7 Å². The van der Waals surface area contributed by atoms with Crippen LogP contribution < -0.4 is 19.6 Å². The average Bonchev–Trinajstić information content (AvgIpc) is 3.15. The van der Waals surface area contributed by atoms with Crippen LogP contribution in [0.4, 0.5) is 22.7 Å². The van der Waals surface area contributed by atoms with Gasteiger partial charge < -0.3 is 34.9 Å². The number of hydrogen-bond donors (Lipinski definition) is 3. The van der Waals surface area contributed by atoms with E-state index in [1.807, 2.05) is 36.4 Å². The first-order chi connectivity index (χ1) is 25.7. The molecule has 54 heavy (non-hydrogen) atoms. The number of Topliss-reactive ketones (excluding diaryl/α,β-unsaturated/α-hetero) is 1. The topological polar surface area (TPSA) is 125 Å². The second kappa shape index (κ2) is 13.9. The van der Waals surface area contributed by atoms with Gasteiger partial charge in [0.25, 0.3) is 0 Å². The lowest BCUT2D eigenvalue weighted by molar-refractivity contribution is -0.138. The van der Waals surface area contributed by atoms with Gasteiger partial charge in [-0.3, -0.25) is 14.4 Å². The Kier molecular flexibility index (Phi) is 9.52. The lowest BCUT2D eigenvalue weighted by Gasteiger charge is -2.52. The molecule has 1 aliphatic carbocycles. The number of aliphatic carboxylic acids is 2. The fourth-order valence-electron chi connectivity index (χ4n) is 9.35. The van der Waals surface area contributed by atoms with Crippen LogP contribution in [-0.4, -0.2) is 72.6 Å². The van der Waals surface area contributed by atoms with Crippen LogP contribution in [0.15, 0.2) is 66.4 Å². The molecule has 3 aliphatic rings. The number of aliphatic hydroxyl groups is 1. The molecule has 0 aromatic heterocycles. The van der Waals surface area contributed by atoms with Crippen LogP contribution in [0.5, 0.6) is 0 Å². The van der Waals surface area contributed by atoms with Crippen molar-refractivity contribution in [1.82, 2.24) is 0 Å². The van der Waals surface area contributed by atoms with Gasteiger partial charge in [-0.1, -0.05) is 49.2 Å². The van der Waals surface area contributed by atoms with Crippen molar-refractivity contribution in [3.8, 4) is 0 Å². The van der Waals surface area contributed by atoms with E-state index in [9.17, 15) is 19.5 Å². The van der Waals surface area contributed by atoms with E-state index < -0.39 is 17.9 Å². The van der Waals surface area contributed by atoms with Gasteiger partial charge in [-0.05, 0) is 98.5 Å². The second-order valence-corrected chi connectivity index (χ2v) is 15.8. The van der Waals surface area contributed by atoms with Crippen LogP contribution in [0.2, 0.25) is 0 Å². The highest BCUT2D eigenvalue weighted by atomic mass is 16.4. The third-order valence-corrected chi connectivity index (χ3v) is 13.1. The standard InChI is InChI=1S/C44H52N4O6/c1-43(25-11-7-9-19-35(49)50)45(3)31-17-13-15-27-29(21-23-33(37(27)31)47(43)5)39-41(53)40(42(39)54)30-22-24-34-38-28(30)16-14-18-32(38)46(4)44(2,48(34)6)26-12-8-10-20-36(51)52/h13-18,21-24,39,53H,7-12,19-20,25-26H2,1-6H3,(H,49,50)(H,51,52). The SMILES string of the molecule is CN1c2cccc3c(C4=C(O)C(c5ccc6c7c(cccc57)N(C)C(C)(CCCCCC(=O)O)N6C)C4=O)ccc(c23)N(C)C1(C)CCCCCC(=O)O. The van der Waals surface area contributed by atoms with Gasteiger partial charge in [-0.2, -0.15) is 0 Å². The number of unbranched alkanes of at least 4 members (excludes halogenated alkanes) is 4. The summed E-state index contributed by atoms with van der Waals surface area (Å²) in [6, 6.07) is 20.4. The quantitative estimate of drug-likeness (QED) is 0.108. The van der Waals surface area contributed by atoms with Crippen molar-refractivity contribution >= 4 is 67.6 Å². The zero-order chi connectivity index (χ0) is 38.7. The number of anilines is 4. The monoisotopic (exact) mass is 732 g/mol. The number of hydrogen-bond acceptors (Lipinski definition) is 8. The summed E-state index contributed by atoms with van der Waals surface area (Å²) in [6.07, 6.45) is 6.92. The lowest BCUT2D eigenvalue weighted by Crippen LogP contribution is -2.58. The van der Waals surface area contributed by atoms with E-state index in [4.69, 9.17) is 10.2 Å². The minimum absolute atomic E-state index is 0.0915. The van der Waals surface area contributed by atoms with Gasteiger partial charge in [0.2, 0.25) is 0 Å². The van der Waals surface area contributed by atoms with E-state index in [1.54, 1.807) is 0 Å². The molecule has 7 rings (SSSR count). The highest BCUT2D eigenvalue weighted by Gasteiger charge is 2.46. The predicted octanol–water partition coefficient (Wildman–Crippen LogP) is 8.90. The van der Waals surface area contributed by atoms with E-state index >= 15 is 0 Å². The van der Waals surface area contributed by atoms with E-state index in [-0.39, 0.29) is 35.7 Å². The Morgan fingerprint density at radius 1 is 0.611 bits per heavy atom. The van der Waals surface area contributed by atoms with Crippen molar-refractivity contribution in [1.29, 1.82) is 0 Å². The van der Waals surface area contributed by atoms with E-state index in [0.717, 1.165) is 93.9 Å². The molecule has 3 unspecified atom stereocenters. The third kappa shape index (κ3) is 5.72. The van der Waals surface area contributed by atoms with Crippen molar-refractivity contribution in [3.63, 3.8) is 0 Å². The van der Waals surface area contributed by atoms with Crippen LogP contribution in [0, 0.1) is 0 Å². The average molecular weight is 733 g/mol. The molecule has 284 valence electrons. The van der Waals surface area contributed by atoms with Gasteiger partial charge in [-0.25, -0.2) is 0 Å². The summed E-state index contributed by atoms with van der Waals surface area (Å²) in [7, 11) is 8.38. The number of rotatable bonds is 14. The maximum absolute atomic E-state index is 14.3. The number of carbonyl (C=O) groups is 3. The summed E-state index contributed by atoms with van der Waals surface area (Å²) >= 11 is 0. The Balaban J connectivity index is 1.20. The Morgan fingerprint density at radius 3 is 1.54 bits per heavy atom. The summed E-state index contributed by atoms with van der Waals surface area (Å²) in [5.41, 5.74) is 5.48. The molecule has 3 atom stereocenters. The number of aliphatic hydroxyl groups excluding tert-OH is 1. The van der Waals surface area contributed by atoms with Gasteiger partial charge in [0.1, 0.15) is 23.0 Å². The van der Waals surface area contributed by atoms with E-state index in [2.05, 4.69) is 85.9 Å². The smallest absolute Gasteiger partial charge is 0.303 e. The summed E-state index contributed by atoms with van der Waals surface area (Å²) < 4.78 is 0. The highest BCUT2D eigenvalue weighted by molar-refractivity contribution is 6.35. The molecule has 0 saturated heterocycles. The zero-order valence-electron chi connectivity index (χ0n) is 32.3. The number of benzene rings is 4. The third-order valence-electron chi connectivity index (χ3n) is 13.1. The number of carboxylic acid groups (broad SMARTS) is 2. The molecule has 3 N–H and O–H groups in total. The molecule has 4 aromatic rings. The Hall–Kier alpha value is -5.25. The molecule has 0 fully saturated rings. The van der Waals surface area contributed by atoms with Crippen molar-refractivity contribution in [3.05, 3.63) is 77.5 Å². The van der Waals surface area contributed by atoms with E-state index in [0.29, 0.717) is 18.4 Å². The number of ketones is 1. The zero-order valence-corrected chi connectivity index (χ0v) is 32.3. The van der Waals surface area contributed by atoms with Gasteiger partial charge in [0.15, 0.2) is 5.78 Å². The summed E-state index contributed by atoms with van der Waals surface area (Å²) in [4.78, 5) is 45.5. The summed E-state index contributed by atoms with van der Waals surface area (Å²) in [5.74, 6) is -2.28. The first-order valence-corrected chi connectivity index (χ1v) is 19.2. The first-order valence-electron chi connectivity index (χ1n) is 19.2. The second-order valence-electron chi connectivity index (χ2n) is 15.8. The largest absolute Gasteiger partial charge is 0.510 e. The van der Waals surface area contributed by atoms with Crippen molar-refractivity contribution in [2.24, 2.45) is 0 Å². The molecule has 0 saturated carbocycles. The van der Waals surface area contributed by atoms with Crippen LogP contribution >= 0.6 is 0 Å². The number of allylic oxidation sites excluding steroid dienone is 2. The van der Waals surface area contributed by atoms with Crippen molar-refractivity contribution in [2.45, 2.75) is 95.3 Å². The Labute approximate surface area is 317 Å². The van der Waals surface area contributed by atoms with Gasteiger partial charge in [0.05, 0.1) is 5.57 Å². The molecule has 10 heteroatoms. The number of carboxylic acids is 2. The first kappa shape index (κ1) is 37.1. The summed E-state index contributed by atoms with van der Waals surface area (Å²) in [5, 5.41) is 33.9. The van der Waals surface area contributed by atoms with Gasteiger partial charge in [0, 0.05) is 74.6 Å². The fourth-order valence-corrected chi connectivity index (χ4v) is 9.35. The number of nitrogens with zero attached hydrogens (tertiary/aromatic N) is 4. The lowest BCUT2D eigenvalue weighted by atomic mass is 9.72. The molecular weight excluding hydrogens is 681 g/mol. The summed E-state index contributed by atoms with van der Waals surface area (Å²) in [6.45, 7) is 4.44. The minimum Gasteiger partial charge on any atom is -0.510 e. The molecule has 10 nitrogen and oxygen atoms in total. The molecule has 2 aliphatic heterocycles. The van der Waals surface area contributed by atoms with Crippen LogP contribution in [-0.2, 0) is 14.4 Å². The molecular formula is C44H52N4O6. The van der Waals surface area contributed by atoms with Crippen LogP contribution in [0.1, 0.15) is 95.1 Å². The van der Waals surface area contributed by atoms with Crippen LogP contribution in [0.3, 0.4) is 0 Å². The maximum atomic E-state index is 14.3. The normalized spacial score (nSPS) is 22.0. The van der Waals surface area contributed by atoms with Gasteiger partial charge >= 0.3 is 11.9 Å². The Morgan fingerprint density at radius 2 is 1.06 bits per heavy atom. The molecule has 0 spiro atoms. The molecule has 4 aromatic carbocycles. The maximum Gasteiger partial charge on any atom is 0.303 e. The molecule has 0 bridgehead atoms. The highest BCUT2D eigenvalue weighted by Crippen LogP contribution is 2.53. The predicted molar refractivity (Wildman–Crippen MR) is 217 cm³/mol. The molecule has 0 amide bonds. The molecule has 0 radical (unpaired) electrons. The molecule has 2 heterocycles. The van der Waals surface area contributed by atoms with Crippen LogP contribution in [0.25, 0.3) is 27.1 Å². The minimum atomic E-state index is -0.761. The Bertz CT molecular complexity index is 2180. The number of carbonyl (C=O) groups excluding carboxylic acids is 1. The van der Waals surface area contributed by atoms with E-state index in [1.165, 1.54) is 0 Å². The van der Waals surface area contributed by atoms with Gasteiger partial charge in [-0.15, -0.1) is 0 Å².